The Morgan fingerprint density at radius 1 is 1.29 bits per heavy atom. The first-order chi connectivity index (χ1) is 11.6. The number of thioether (sulfide) groups is 1. The molecule has 6 heteroatoms. The third-order valence-corrected chi connectivity index (χ3v) is 6.98. The van der Waals surface area contributed by atoms with Crippen LogP contribution in [0.4, 0.5) is 5.69 Å². The van der Waals surface area contributed by atoms with E-state index in [0.29, 0.717) is 10.9 Å². The number of carbonyl (C=O) groups is 1. The van der Waals surface area contributed by atoms with E-state index in [9.17, 15) is 4.79 Å². The van der Waals surface area contributed by atoms with Crippen molar-refractivity contribution in [2.75, 3.05) is 43.9 Å². The van der Waals surface area contributed by atoms with Crippen LogP contribution in [-0.2, 0) is 0 Å². The minimum atomic E-state index is 0.0373. The molecule has 1 atom stereocenters. The van der Waals surface area contributed by atoms with E-state index >= 15 is 0 Å². The lowest BCUT2D eigenvalue weighted by molar-refractivity contribution is 0.0619. The standard InChI is InChI=1S/C18H24ClN3OS/c1-21-5-2-8-24-17-14(9-13(19)10-16(17)21)18(23)20-15-11-22-6-3-12(15)4-7-22/h9-10,12,15H,2-8,11H2,1H3,(H,20,23). The molecule has 4 aliphatic rings. The van der Waals surface area contributed by atoms with E-state index in [1.54, 1.807) is 11.8 Å². The van der Waals surface area contributed by atoms with Crippen LogP contribution in [0.2, 0.25) is 5.02 Å². The second-order valence-corrected chi connectivity index (χ2v) is 8.68. The first-order valence-electron chi connectivity index (χ1n) is 8.82. The van der Waals surface area contributed by atoms with Crippen molar-refractivity contribution in [2.24, 2.45) is 5.92 Å². The molecule has 130 valence electrons. The number of halogens is 1. The number of fused-ring (bicyclic) bond motifs is 4. The van der Waals surface area contributed by atoms with Crippen molar-refractivity contribution < 1.29 is 4.79 Å². The van der Waals surface area contributed by atoms with Gasteiger partial charge in [-0.15, -0.1) is 11.8 Å². The Labute approximate surface area is 152 Å². The predicted molar refractivity (Wildman–Crippen MR) is 100 cm³/mol. The Hall–Kier alpha value is -0.910. The van der Waals surface area contributed by atoms with Gasteiger partial charge in [0.15, 0.2) is 0 Å². The molecule has 5 rings (SSSR count). The van der Waals surface area contributed by atoms with Gasteiger partial charge in [-0.1, -0.05) is 11.6 Å². The van der Waals surface area contributed by atoms with Crippen LogP contribution in [-0.4, -0.2) is 55.8 Å². The fraction of sp³-hybridized carbons (Fsp3) is 0.611. The Kier molecular flexibility index (Phi) is 4.67. The Morgan fingerprint density at radius 2 is 2.08 bits per heavy atom. The number of hydrogen-bond acceptors (Lipinski definition) is 4. The molecule has 3 saturated heterocycles. The predicted octanol–water partition coefficient (Wildman–Crippen LogP) is 3.10. The molecule has 1 aromatic carbocycles. The normalized spacial score (nSPS) is 29.1. The molecule has 0 aromatic heterocycles. The highest BCUT2D eigenvalue weighted by Gasteiger charge is 2.35. The van der Waals surface area contributed by atoms with Crippen molar-refractivity contribution in [3.63, 3.8) is 0 Å². The molecule has 4 nitrogen and oxygen atoms in total. The summed E-state index contributed by atoms with van der Waals surface area (Å²) in [4.78, 5) is 18.8. The van der Waals surface area contributed by atoms with Crippen molar-refractivity contribution in [3.05, 3.63) is 22.7 Å². The zero-order chi connectivity index (χ0) is 16.7. The van der Waals surface area contributed by atoms with Gasteiger partial charge in [-0.05, 0) is 56.2 Å². The monoisotopic (exact) mass is 365 g/mol. The molecule has 1 N–H and O–H groups in total. The number of rotatable bonds is 2. The molecule has 3 fully saturated rings. The third-order valence-electron chi connectivity index (χ3n) is 5.55. The Bertz CT molecular complexity index is 645. The van der Waals surface area contributed by atoms with Gasteiger partial charge < -0.3 is 15.1 Å². The van der Waals surface area contributed by atoms with Gasteiger partial charge >= 0.3 is 0 Å². The summed E-state index contributed by atoms with van der Waals surface area (Å²) in [6.07, 6.45) is 3.53. The quantitative estimate of drug-likeness (QED) is 0.873. The SMILES string of the molecule is CN1CCCSc2c(C(=O)NC3CN4CCC3CC4)cc(Cl)cc21. The average molecular weight is 366 g/mol. The zero-order valence-electron chi connectivity index (χ0n) is 14.1. The van der Waals surface area contributed by atoms with Crippen molar-refractivity contribution in [2.45, 2.75) is 30.2 Å². The van der Waals surface area contributed by atoms with E-state index in [1.165, 1.54) is 25.9 Å². The van der Waals surface area contributed by atoms with Crippen molar-refractivity contribution in [1.29, 1.82) is 0 Å². The third kappa shape index (κ3) is 3.14. The minimum Gasteiger partial charge on any atom is -0.374 e. The van der Waals surface area contributed by atoms with Crippen LogP contribution in [0, 0.1) is 5.92 Å². The highest BCUT2D eigenvalue weighted by Crippen LogP contribution is 2.38. The fourth-order valence-electron chi connectivity index (χ4n) is 4.15. The second kappa shape index (κ2) is 6.77. The Morgan fingerprint density at radius 3 is 2.79 bits per heavy atom. The van der Waals surface area contributed by atoms with Gasteiger partial charge in [-0.3, -0.25) is 4.79 Å². The molecule has 2 bridgehead atoms. The largest absolute Gasteiger partial charge is 0.374 e. The topological polar surface area (TPSA) is 35.6 Å². The van der Waals surface area contributed by atoms with E-state index in [1.807, 2.05) is 12.1 Å². The van der Waals surface area contributed by atoms with Crippen molar-refractivity contribution in [3.8, 4) is 0 Å². The maximum atomic E-state index is 13.0. The summed E-state index contributed by atoms with van der Waals surface area (Å²) < 4.78 is 0. The maximum Gasteiger partial charge on any atom is 0.252 e. The zero-order valence-corrected chi connectivity index (χ0v) is 15.6. The number of nitrogens with zero attached hydrogens (tertiary/aromatic N) is 2. The molecule has 1 amide bonds. The van der Waals surface area contributed by atoms with Crippen LogP contribution in [0.3, 0.4) is 0 Å². The summed E-state index contributed by atoms with van der Waals surface area (Å²) in [7, 11) is 2.08. The minimum absolute atomic E-state index is 0.0373. The Balaban J connectivity index is 1.60. The number of anilines is 1. The maximum absolute atomic E-state index is 13.0. The van der Waals surface area contributed by atoms with E-state index in [0.717, 1.165) is 41.4 Å². The molecule has 0 spiro atoms. The highest BCUT2D eigenvalue weighted by molar-refractivity contribution is 7.99. The molecule has 24 heavy (non-hydrogen) atoms. The summed E-state index contributed by atoms with van der Waals surface area (Å²) >= 11 is 8.11. The van der Waals surface area contributed by atoms with Gasteiger partial charge in [-0.2, -0.15) is 0 Å². The second-order valence-electron chi connectivity index (χ2n) is 7.14. The summed E-state index contributed by atoms with van der Waals surface area (Å²) in [6, 6.07) is 4.10. The van der Waals surface area contributed by atoms with E-state index in [2.05, 4.69) is 22.2 Å². The first-order valence-corrected chi connectivity index (χ1v) is 10.2. The van der Waals surface area contributed by atoms with Gasteiger partial charge in [0, 0.05) is 36.1 Å². The molecule has 0 aliphatic carbocycles. The van der Waals surface area contributed by atoms with Crippen molar-refractivity contribution >= 4 is 35.0 Å². The van der Waals surface area contributed by atoms with E-state index in [4.69, 9.17) is 11.6 Å². The van der Waals surface area contributed by atoms with Crippen LogP contribution >= 0.6 is 23.4 Å². The summed E-state index contributed by atoms with van der Waals surface area (Å²) in [6.45, 7) is 4.36. The summed E-state index contributed by atoms with van der Waals surface area (Å²) in [5.74, 6) is 1.71. The smallest absolute Gasteiger partial charge is 0.252 e. The highest BCUT2D eigenvalue weighted by atomic mass is 35.5. The molecule has 1 aromatic rings. The number of hydrogen-bond donors (Lipinski definition) is 1. The van der Waals surface area contributed by atoms with Crippen LogP contribution in [0.15, 0.2) is 17.0 Å². The van der Waals surface area contributed by atoms with Gasteiger partial charge in [0.25, 0.3) is 5.91 Å². The molecule has 4 aliphatic heterocycles. The van der Waals surface area contributed by atoms with Crippen LogP contribution in [0.1, 0.15) is 29.6 Å². The summed E-state index contributed by atoms with van der Waals surface area (Å²) in [5, 5.41) is 3.95. The number of benzene rings is 1. The van der Waals surface area contributed by atoms with Crippen LogP contribution in [0.5, 0.6) is 0 Å². The van der Waals surface area contributed by atoms with Gasteiger partial charge in [0.2, 0.25) is 0 Å². The number of nitrogens with one attached hydrogen (secondary N) is 1. The molecular formula is C18H24ClN3OS. The van der Waals surface area contributed by atoms with Crippen molar-refractivity contribution in [1.82, 2.24) is 10.2 Å². The first kappa shape index (κ1) is 16.6. The molecule has 0 saturated carbocycles. The molecule has 4 heterocycles. The lowest BCUT2D eigenvalue weighted by Gasteiger charge is -2.45. The van der Waals surface area contributed by atoms with Gasteiger partial charge in [0.1, 0.15) is 0 Å². The number of amides is 1. The lowest BCUT2D eigenvalue weighted by atomic mass is 9.84. The average Bonchev–Trinajstić information content (AvgIpc) is 2.77. The molecular weight excluding hydrogens is 342 g/mol. The van der Waals surface area contributed by atoms with Crippen LogP contribution in [0.25, 0.3) is 0 Å². The number of piperidine rings is 3. The van der Waals surface area contributed by atoms with Crippen LogP contribution < -0.4 is 10.2 Å². The van der Waals surface area contributed by atoms with E-state index in [-0.39, 0.29) is 11.9 Å². The summed E-state index contributed by atoms with van der Waals surface area (Å²) in [5.41, 5.74) is 1.83. The number of carbonyl (C=O) groups excluding carboxylic acids is 1. The molecule has 1 unspecified atom stereocenters. The molecule has 0 radical (unpaired) electrons. The fourth-order valence-corrected chi connectivity index (χ4v) is 5.51. The lowest BCUT2D eigenvalue weighted by Crippen LogP contribution is -2.57. The van der Waals surface area contributed by atoms with E-state index < -0.39 is 0 Å². The van der Waals surface area contributed by atoms with Gasteiger partial charge in [-0.25, -0.2) is 0 Å². The van der Waals surface area contributed by atoms with Gasteiger partial charge in [0.05, 0.1) is 11.3 Å².